The van der Waals surface area contributed by atoms with Crippen LogP contribution in [0.5, 0.6) is 23.0 Å². The average Bonchev–Trinajstić information content (AvgIpc) is 3.93. The number of benzene rings is 1. The normalized spacial score (nSPS) is 20.3. The van der Waals surface area contributed by atoms with E-state index in [2.05, 4.69) is 0 Å². The van der Waals surface area contributed by atoms with Crippen LogP contribution < -0.4 is 18.9 Å². The molecular formula is C48H86O11. The average molecular weight is 839 g/mol. The van der Waals surface area contributed by atoms with Crippen molar-refractivity contribution in [3.8, 4) is 23.0 Å². The number of hydrogen-bond donors (Lipinski definition) is 1. The van der Waals surface area contributed by atoms with Gasteiger partial charge in [-0.05, 0) is 58.3 Å². The monoisotopic (exact) mass is 839 g/mol. The number of aliphatic hydroxyl groups excluding tert-OH is 1. The Balaban J connectivity index is 1.24. The van der Waals surface area contributed by atoms with E-state index in [-0.39, 0.29) is 18.3 Å². The fourth-order valence-corrected chi connectivity index (χ4v) is 9.23. The summed E-state index contributed by atoms with van der Waals surface area (Å²) in [6.07, 6.45) is 29.9. The topological polar surface area (TPSA) is 113 Å². The van der Waals surface area contributed by atoms with Gasteiger partial charge in [0.25, 0.3) is 0 Å². The van der Waals surface area contributed by atoms with E-state index in [1.165, 1.54) is 103 Å². The number of methoxy groups -OCH3 is 6. The zero-order valence-electron chi connectivity index (χ0n) is 38.5. The van der Waals surface area contributed by atoms with E-state index in [0.717, 1.165) is 69.1 Å². The molecular weight excluding hydrogens is 753 g/mol. The van der Waals surface area contributed by atoms with Crippen molar-refractivity contribution < 1.29 is 52.5 Å². The van der Waals surface area contributed by atoms with E-state index in [1.54, 1.807) is 42.7 Å². The molecule has 1 aromatic carbocycles. The molecule has 0 aromatic heterocycles. The molecule has 0 bridgehead atoms. The Hall–Kier alpha value is -1.86. The summed E-state index contributed by atoms with van der Waals surface area (Å²) in [6.45, 7) is 4.22. The third-order valence-electron chi connectivity index (χ3n) is 12.5. The van der Waals surface area contributed by atoms with E-state index < -0.39 is 6.10 Å². The Bertz CT molecular complexity index is 1200. The smallest absolute Gasteiger partial charge is 0.207 e. The number of unbranched alkanes of at least 4 members (excludes halogenated alkanes) is 15. The standard InChI is InChI=1S/C48H86O11/c1-37-41(46(53-5)48(55-7)47(54-6)45(37)52-4)33-39(49)26-22-18-14-11-10-13-17-21-25-38(34-57-36-51-3)42-30-31-44(59-42)43-29-28-40(58-43)27-23-19-15-9-8-12-16-20-24-32-56-35-50-2/h38-40,42-44,49H,8-36H2,1-7H3. The summed E-state index contributed by atoms with van der Waals surface area (Å²) in [4.78, 5) is 0. The molecule has 11 nitrogen and oxygen atoms in total. The van der Waals surface area contributed by atoms with E-state index >= 15 is 0 Å². The summed E-state index contributed by atoms with van der Waals surface area (Å²) in [5.41, 5.74) is 1.79. The molecule has 0 spiro atoms. The summed E-state index contributed by atoms with van der Waals surface area (Å²) >= 11 is 0. The van der Waals surface area contributed by atoms with E-state index in [0.29, 0.717) is 61.6 Å². The van der Waals surface area contributed by atoms with E-state index in [1.807, 2.05) is 6.92 Å². The van der Waals surface area contributed by atoms with Crippen molar-refractivity contribution in [3.63, 3.8) is 0 Å². The fourth-order valence-electron chi connectivity index (χ4n) is 9.23. The van der Waals surface area contributed by atoms with Gasteiger partial charge in [-0.1, -0.05) is 103 Å². The van der Waals surface area contributed by atoms with Crippen molar-refractivity contribution >= 4 is 0 Å². The molecule has 2 heterocycles. The van der Waals surface area contributed by atoms with Crippen LogP contribution in [-0.2, 0) is 34.8 Å². The van der Waals surface area contributed by atoms with Crippen LogP contribution in [0.4, 0.5) is 0 Å². The lowest BCUT2D eigenvalue weighted by Gasteiger charge is -2.26. The Morgan fingerprint density at radius 3 is 1.66 bits per heavy atom. The zero-order chi connectivity index (χ0) is 42.5. The molecule has 0 saturated carbocycles. The second-order valence-electron chi connectivity index (χ2n) is 17.0. The van der Waals surface area contributed by atoms with Gasteiger partial charge in [0.15, 0.2) is 11.5 Å². The first kappa shape index (κ1) is 51.5. The molecule has 2 aliphatic heterocycles. The van der Waals surface area contributed by atoms with Crippen LogP contribution in [0.15, 0.2) is 0 Å². The predicted octanol–water partition coefficient (Wildman–Crippen LogP) is 10.7. The molecule has 0 amide bonds. The lowest BCUT2D eigenvalue weighted by Crippen LogP contribution is -2.31. The van der Waals surface area contributed by atoms with Crippen LogP contribution in [0.3, 0.4) is 0 Å². The van der Waals surface area contributed by atoms with Crippen molar-refractivity contribution in [1.82, 2.24) is 0 Å². The van der Waals surface area contributed by atoms with Crippen LogP contribution in [-0.4, -0.2) is 105 Å². The highest BCUT2D eigenvalue weighted by Crippen LogP contribution is 2.49. The summed E-state index contributed by atoms with van der Waals surface area (Å²) in [5.74, 6) is 2.59. The maximum Gasteiger partial charge on any atom is 0.207 e. The molecule has 344 valence electrons. The maximum absolute atomic E-state index is 11.0. The molecule has 0 radical (unpaired) electrons. The summed E-state index contributed by atoms with van der Waals surface area (Å²) in [7, 11) is 9.77. The number of hydrogen-bond acceptors (Lipinski definition) is 11. The van der Waals surface area contributed by atoms with Gasteiger partial charge < -0.3 is 52.5 Å². The molecule has 1 aromatic rings. The first-order chi connectivity index (χ1) is 28.9. The van der Waals surface area contributed by atoms with Crippen LogP contribution in [0.25, 0.3) is 0 Å². The fraction of sp³-hybridized carbons (Fsp3) is 0.875. The lowest BCUT2D eigenvalue weighted by atomic mass is 9.93. The number of aliphatic hydroxyl groups is 1. The van der Waals surface area contributed by atoms with Gasteiger partial charge in [-0.25, -0.2) is 0 Å². The SMILES string of the molecule is COCOCCCCCCCCCCCC1CCC(C2CCC(C(CCCCCCCCCCC(O)Cc3c(C)c(OC)c(OC)c(OC)c3OC)COCOC)O2)O1. The Labute approximate surface area is 359 Å². The lowest BCUT2D eigenvalue weighted by molar-refractivity contribution is -0.100. The summed E-state index contributed by atoms with van der Waals surface area (Å²) in [6, 6.07) is 0. The second-order valence-corrected chi connectivity index (χ2v) is 17.0. The minimum Gasteiger partial charge on any atom is -0.492 e. The van der Waals surface area contributed by atoms with Gasteiger partial charge in [-0.15, -0.1) is 0 Å². The molecule has 1 N–H and O–H groups in total. The molecule has 2 fully saturated rings. The van der Waals surface area contributed by atoms with Crippen LogP contribution >= 0.6 is 0 Å². The molecule has 0 aliphatic carbocycles. The maximum atomic E-state index is 11.0. The molecule has 2 saturated heterocycles. The van der Waals surface area contributed by atoms with Gasteiger partial charge in [0.2, 0.25) is 11.5 Å². The van der Waals surface area contributed by atoms with Crippen LogP contribution in [0.2, 0.25) is 0 Å². The van der Waals surface area contributed by atoms with Crippen molar-refractivity contribution in [2.45, 2.75) is 198 Å². The summed E-state index contributed by atoms with van der Waals surface area (Å²) in [5, 5.41) is 11.0. The highest BCUT2D eigenvalue weighted by molar-refractivity contribution is 5.67. The van der Waals surface area contributed by atoms with Crippen molar-refractivity contribution in [2.75, 3.05) is 69.5 Å². The highest BCUT2D eigenvalue weighted by Gasteiger charge is 2.39. The third kappa shape index (κ3) is 19.0. The van der Waals surface area contributed by atoms with Crippen molar-refractivity contribution in [3.05, 3.63) is 11.1 Å². The second kappa shape index (κ2) is 31.9. The van der Waals surface area contributed by atoms with Gasteiger partial charge in [0.1, 0.15) is 13.6 Å². The van der Waals surface area contributed by atoms with Crippen LogP contribution in [0.1, 0.15) is 165 Å². The van der Waals surface area contributed by atoms with E-state index in [4.69, 9.17) is 47.4 Å². The zero-order valence-corrected chi connectivity index (χ0v) is 38.5. The van der Waals surface area contributed by atoms with Crippen molar-refractivity contribution in [2.24, 2.45) is 5.92 Å². The molecule has 11 heteroatoms. The summed E-state index contributed by atoms with van der Waals surface area (Å²) < 4.78 is 57.2. The van der Waals surface area contributed by atoms with Gasteiger partial charge in [0.05, 0.1) is 65.6 Å². The Morgan fingerprint density at radius 2 is 1.05 bits per heavy atom. The molecule has 6 unspecified atom stereocenters. The molecule has 6 atom stereocenters. The highest BCUT2D eigenvalue weighted by atomic mass is 16.7. The molecule has 59 heavy (non-hydrogen) atoms. The van der Waals surface area contributed by atoms with Gasteiger partial charge in [-0.2, -0.15) is 0 Å². The minimum atomic E-state index is -0.470. The largest absolute Gasteiger partial charge is 0.492 e. The quantitative estimate of drug-likeness (QED) is 0.0510. The number of ether oxygens (including phenoxy) is 10. The number of rotatable bonds is 37. The van der Waals surface area contributed by atoms with Gasteiger partial charge >= 0.3 is 0 Å². The van der Waals surface area contributed by atoms with Gasteiger partial charge in [0, 0.05) is 44.3 Å². The third-order valence-corrected chi connectivity index (χ3v) is 12.5. The first-order valence-corrected chi connectivity index (χ1v) is 23.4. The van der Waals surface area contributed by atoms with Crippen molar-refractivity contribution in [1.29, 1.82) is 0 Å². The Kier molecular flexibility index (Phi) is 27.8. The first-order valence-electron chi connectivity index (χ1n) is 23.4. The van der Waals surface area contributed by atoms with E-state index in [9.17, 15) is 5.11 Å². The predicted molar refractivity (Wildman–Crippen MR) is 234 cm³/mol. The minimum absolute atomic E-state index is 0.226. The molecule has 2 aliphatic rings. The van der Waals surface area contributed by atoms with Crippen LogP contribution in [0, 0.1) is 12.8 Å². The molecule has 3 rings (SSSR count). The van der Waals surface area contributed by atoms with Gasteiger partial charge in [-0.3, -0.25) is 0 Å². The Morgan fingerprint density at radius 1 is 0.542 bits per heavy atom.